The van der Waals surface area contributed by atoms with Gasteiger partial charge in [-0.15, -0.1) is 0 Å². The largest absolute Gasteiger partial charge is 0.425 e. The molecule has 5 rings (SSSR count). The van der Waals surface area contributed by atoms with Crippen LogP contribution in [0.2, 0.25) is 0 Å². The third kappa shape index (κ3) is 4.98. The van der Waals surface area contributed by atoms with Crippen molar-refractivity contribution in [3.05, 3.63) is 67.0 Å². The van der Waals surface area contributed by atoms with E-state index in [2.05, 4.69) is 20.3 Å². The lowest BCUT2D eigenvalue weighted by molar-refractivity contribution is -0.114. The number of nitrogens with zero attached hydrogens (tertiary/aromatic N) is 5. The van der Waals surface area contributed by atoms with Crippen LogP contribution in [0.4, 0.5) is 22.1 Å². The predicted molar refractivity (Wildman–Crippen MR) is 132 cm³/mol. The number of aromatic nitrogens is 4. The molecule has 0 radical (unpaired) electrons. The summed E-state index contributed by atoms with van der Waals surface area (Å²) >= 11 is 0. The fraction of sp³-hybridized carbons (Fsp3) is 0.240. The Kier molecular flexibility index (Phi) is 6.77. The van der Waals surface area contributed by atoms with Gasteiger partial charge in [0.2, 0.25) is 11.9 Å². The maximum absolute atomic E-state index is 13.5. The van der Waals surface area contributed by atoms with Crippen molar-refractivity contribution in [2.75, 3.05) is 16.8 Å². The molecule has 0 aliphatic carbocycles. The Morgan fingerprint density at radius 2 is 1.76 bits per heavy atom. The van der Waals surface area contributed by atoms with Gasteiger partial charge < -0.3 is 19.7 Å². The summed E-state index contributed by atoms with van der Waals surface area (Å²) in [4.78, 5) is 39.5. The lowest BCUT2D eigenvalue weighted by Gasteiger charge is -2.22. The average molecular weight is 505 g/mol. The van der Waals surface area contributed by atoms with Crippen molar-refractivity contribution in [2.45, 2.75) is 31.8 Å². The van der Waals surface area contributed by atoms with Crippen LogP contribution in [0.25, 0.3) is 11.2 Å². The minimum Gasteiger partial charge on any atom is -0.394 e. The number of carbonyl (C=O) groups is 2. The second-order valence-electron chi connectivity index (χ2n) is 8.35. The van der Waals surface area contributed by atoms with Gasteiger partial charge in [0, 0.05) is 13.3 Å². The number of aliphatic hydroxyl groups is 2. The van der Waals surface area contributed by atoms with E-state index in [1.807, 2.05) is 12.1 Å². The molecule has 0 unspecified atom stereocenters. The van der Waals surface area contributed by atoms with Crippen LogP contribution in [0.1, 0.15) is 19.6 Å². The molecule has 1 aliphatic heterocycles. The third-order valence-corrected chi connectivity index (χ3v) is 5.77. The Bertz CT molecular complexity index is 1370. The number of benzene rings is 2. The van der Waals surface area contributed by atoms with Gasteiger partial charge in [-0.05, 0) is 24.3 Å². The van der Waals surface area contributed by atoms with Crippen LogP contribution in [0.3, 0.4) is 0 Å². The Labute approximate surface area is 211 Å². The van der Waals surface area contributed by atoms with Crippen LogP contribution in [0.15, 0.2) is 67.0 Å². The van der Waals surface area contributed by atoms with Crippen molar-refractivity contribution in [2.24, 2.45) is 0 Å². The summed E-state index contributed by atoms with van der Waals surface area (Å²) < 4.78 is 13.0. The lowest BCUT2D eigenvalue weighted by atomic mass is 10.2. The Morgan fingerprint density at radius 3 is 2.32 bits per heavy atom. The molecule has 0 spiro atoms. The molecule has 3 atom stereocenters. The van der Waals surface area contributed by atoms with E-state index in [0.717, 1.165) is 0 Å². The zero-order valence-electron chi connectivity index (χ0n) is 19.8. The first-order valence-electron chi connectivity index (χ1n) is 11.5. The second kappa shape index (κ2) is 10.3. The summed E-state index contributed by atoms with van der Waals surface area (Å²) in [6, 6.07) is 17.9. The lowest BCUT2D eigenvalue weighted by Crippen LogP contribution is -2.29. The monoisotopic (exact) mass is 505 g/mol. The number of ether oxygens (including phenoxy) is 2. The molecule has 2 amide bonds. The van der Waals surface area contributed by atoms with E-state index in [1.165, 1.54) is 22.7 Å². The van der Waals surface area contributed by atoms with Gasteiger partial charge in [-0.3, -0.25) is 14.7 Å². The van der Waals surface area contributed by atoms with Crippen molar-refractivity contribution in [3.8, 4) is 5.88 Å². The normalized spacial score (nSPS) is 19.1. The number of fused-ring (bicyclic) bond motifs is 1. The van der Waals surface area contributed by atoms with E-state index in [1.54, 1.807) is 48.5 Å². The topological polar surface area (TPSA) is 152 Å². The highest BCUT2D eigenvalue weighted by molar-refractivity contribution is 5.98. The number of carbonyl (C=O) groups excluding carboxylic acids is 2. The van der Waals surface area contributed by atoms with E-state index in [4.69, 9.17) is 9.47 Å². The van der Waals surface area contributed by atoms with Crippen molar-refractivity contribution < 1.29 is 29.3 Å². The van der Waals surface area contributed by atoms with Gasteiger partial charge in [0.15, 0.2) is 11.2 Å². The number of nitrogens with one attached hydrogen (secondary N) is 1. The molecule has 2 aromatic carbocycles. The summed E-state index contributed by atoms with van der Waals surface area (Å²) in [7, 11) is 0. The van der Waals surface area contributed by atoms with Crippen molar-refractivity contribution >= 4 is 40.5 Å². The van der Waals surface area contributed by atoms with E-state index < -0.39 is 30.4 Å². The van der Waals surface area contributed by atoms with Gasteiger partial charge in [-0.25, -0.2) is 14.7 Å². The van der Waals surface area contributed by atoms with Crippen LogP contribution in [-0.4, -0.2) is 60.5 Å². The summed E-state index contributed by atoms with van der Waals surface area (Å²) in [5.41, 5.74) is 1.50. The highest BCUT2D eigenvalue weighted by Crippen LogP contribution is 2.34. The molecule has 1 saturated heterocycles. The maximum Gasteiger partial charge on any atom is 0.425 e. The van der Waals surface area contributed by atoms with Crippen molar-refractivity contribution in [1.29, 1.82) is 0 Å². The summed E-state index contributed by atoms with van der Waals surface area (Å²) in [6.07, 6.45) is -1.49. The summed E-state index contributed by atoms with van der Waals surface area (Å²) in [6.45, 7) is 0.944. The number of anilines is 3. The maximum atomic E-state index is 13.5. The number of aliphatic hydroxyl groups excluding tert-OH is 2. The van der Waals surface area contributed by atoms with Gasteiger partial charge in [-0.2, -0.15) is 9.97 Å². The highest BCUT2D eigenvalue weighted by Gasteiger charge is 2.36. The molecule has 3 heterocycles. The van der Waals surface area contributed by atoms with Gasteiger partial charge >= 0.3 is 6.09 Å². The second-order valence-corrected chi connectivity index (χ2v) is 8.35. The molecule has 0 saturated carbocycles. The Balaban J connectivity index is 1.55. The van der Waals surface area contributed by atoms with Crippen LogP contribution in [0.5, 0.6) is 5.88 Å². The molecule has 12 heteroatoms. The Morgan fingerprint density at radius 1 is 1.11 bits per heavy atom. The van der Waals surface area contributed by atoms with Crippen molar-refractivity contribution in [3.63, 3.8) is 0 Å². The van der Waals surface area contributed by atoms with Gasteiger partial charge in [-0.1, -0.05) is 36.4 Å². The number of hydrogen-bond acceptors (Lipinski definition) is 9. The summed E-state index contributed by atoms with van der Waals surface area (Å²) in [5, 5.41) is 22.1. The quantitative estimate of drug-likeness (QED) is 0.336. The predicted octanol–water partition coefficient (Wildman–Crippen LogP) is 2.76. The molecule has 3 N–H and O–H groups in total. The van der Waals surface area contributed by atoms with E-state index >= 15 is 0 Å². The molecule has 190 valence electrons. The van der Waals surface area contributed by atoms with Crippen LogP contribution >= 0.6 is 0 Å². The number of hydrogen-bond donors (Lipinski definition) is 3. The fourth-order valence-corrected chi connectivity index (χ4v) is 4.08. The number of para-hydroxylation sites is 2. The molecule has 2 aromatic heterocycles. The Hall–Kier alpha value is -4.39. The van der Waals surface area contributed by atoms with Crippen LogP contribution in [-0.2, 0) is 9.53 Å². The van der Waals surface area contributed by atoms with E-state index in [9.17, 15) is 19.8 Å². The zero-order chi connectivity index (χ0) is 25.9. The zero-order valence-corrected chi connectivity index (χ0v) is 19.8. The number of amides is 2. The van der Waals surface area contributed by atoms with E-state index in [0.29, 0.717) is 11.4 Å². The van der Waals surface area contributed by atoms with Crippen molar-refractivity contribution in [1.82, 2.24) is 19.5 Å². The molecule has 12 nitrogen and oxygen atoms in total. The smallest absolute Gasteiger partial charge is 0.394 e. The molecule has 0 bridgehead atoms. The first-order chi connectivity index (χ1) is 17.9. The first-order valence-corrected chi connectivity index (χ1v) is 11.5. The molecule has 37 heavy (non-hydrogen) atoms. The fourth-order valence-electron chi connectivity index (χ4n) is 4.08. The number of rotatable bonds is 6. The van der Waals surface area contributed by atoms with Crippen LogP contribution < -0.4 is 15.0 Å². The minimum absolute atomic E-state index is 0.104. The van der Waals surface area contributed by atoms with E-state index in [-0.39, 0.29) is 36.0 Å². The van der Waals surface area contributed by atoms with Crippen LogP contribution in [0, 0.1) is 0 Å². The van der Waals surface area contributed by atoms with Gasteiger partial charge in [0.25, 0.3) is 5.88 Å². The SMILES string of the molecule is CC(=O)Nc1nc(OC(=O)N(c2ccccc2)c2ccccc2)c2ncn([C@H]3C[C@H](O)[C@@H]([13CH2]O)O3)c2n1. The molecular formula is C25H24N6O6. The number of imidazole rings is 1. The first kappa shape index (κ1) is 24.3. The molecule has 1 fully saturated rings. The molecule has 1 aliphatic rings. The standard InChI is InChI=1S/C25H24N6O6/c1-15(33)27-24-28-22-21(26-14-30(22)20-12-18(34)19(13-32)36-20)23(29-24)37-25(35)31(16-8-4-2-5-9-16)17-10-6-3-7-11-17/h2-11,14,18-20,32,34H,12-13H2,1H3,(H,27,28,29,33)/t18-,19+,20+/m0/s1/i13+1. The minimum atomic E-state index is -0.883. The highest BCUT2D eigenvalue weighted by atomic mass is 16.6. The van der Waals surface area contributed by atoms with Gasteiger partial charge in [0.05, 0.1) is 30.4 Å². The molecular weight excluding hydrogens is 481 g/mol. The third-order valence-electron chi connectivity index (χ3n) is 5.77. The average Bonchev–Trinajstić information content (AvgIpc) is 3.48. The van der Waals surface area contributed by atoms with Gasteiger partial charge in [0.1, 0.15) is 12.3 Å². The molecule has 4 aromatic rings. The summed E-state index contributed by atoms with van der Waals surface area (Å²) in [5.74, 6) is -0.704.